The van der Waals surface area contributed by atoms with E-state index in [9.17, 15) is 4.79 Å². The largest absolute Gasteiger partial charge is 0.495 e. The third-order valence-electron chi connectivity index (χ3n) is 4.31. The maximum absolute atomic E-state index is 12.5. The fourth-order valence-corrected chi connectivity index (χ4v) is 4.23. The van der Waals surface area contributed by atoms with Gasteiger partial charge in [-0.25, -0.2) is 0 Å². The number of rotatable bonds is 6. The van der Waals surface area contributed by atoms with E-state index in [2.05, 4.69) is 9.98 Å². The Balaban J connectivity index is 2.06. The maximum Gasteiger partial charge on any atom is 0.163 e. The molecule has 6 heteroatoms. The summed E-state index contributed by atoms with van der Waals surface area (Å²) in [6.45, 7) is 3.35. The number of ketones is 1. The van der Waals surface area contributed by atoms with E-state index in [1.807, 2.05) is 17.5 Å². The Morgan fingerprint density at radius 1 is 1.33 bits per heavy atom. The number of nitrogens with two attached hydrogens (primary N) is 1. The van der Waals surface area contributed by atoms with Crippen molar-refractivity contribution in [3.8, 4) is 16.9 Å². The Morgan fingerprint density at radius 3 is 2.67 bits per heavy atom. The summed E-state index contributed by atoms with van der Waals surface area (Å²) in [5.41, 5.74) is 6.98. The summed E-state index contributed by atoms with van der Waals surface area (Å²) in [6, 6.07) is 3.97. The van der Waals surface area contributed by atoms with E-state index >= 15 is 0 Å². The van der Waals surface area contributed by atoms with E-state index in [1.54, 1.807) is 44.7 Å². The van der Waals surface area contributed by atoms with Gasteiger partial charge < -0.3 is 10.5 Å². The number of aromatic nitrogens is 1. The number of carbonyl (C=O) groups excluding carboxylic acids is 1. The second kappa shape index (κ2) is 6.36. The quantitative estimate of drug-likeness (QED) is 0.644. The molecule has 0 amide bonds. The average Bonchev–Trinajstić information content (AvgIpc) is 3.29. The molecule has 24 heavy (non-hydrogen) atoms. The van der Waals surface area contributed by atoms with Crippen molar-refractivity contribution in [1.29, 1.82) is 0 Å². The molecule has 3 rings (SSSR count). The third kappa shape index (κ3) is 2.94. The van der Waals surface area contributed by atoms with Gasteiger partial charge in [-0.05, 0) is 55.7 Å². The second-order valence-corrected chi connectivity index (χ2v) is 7.07. The van der Waals surface area contributed by atoms with Gasteiger partial charge >= 0.3 is 0 Å². The molecule has 1 saturated carbocycles. The predicted molar refractivity (Wildman–Crippen MR) is 96.5 cm³/mol. The molecule has 1 unspecified atom stereocenters. The topological polar surface area (TPSA) is 77.6 Å². The molecule has 0 aliphatic heterocycles. The lowest BCUT2D eigenvalue weighted by Gasteiger charge is -2.26. The van der Waals surface area contributed by atoms with Crippen LogP contribution < -0.4 is 10.5 Å². The molecule has 0 bridgehead atoms. The van der Waals surface area contributed by atoms with Crippen molar-refractivity contribution in [2.24, 2.45) is 16.6 Å². The van der Waals surface area contributed by atoms with Crippen LogP contribution in [-0.4, -0.2) is 23.7 Å². The minimum absolute atomic E-state index is 0.0481. The van der Waals surface area contributed by atoms with Gasteiger partial charge in [0.25, 0.3) is 0 Å². The molecule has 2 aromatic rings. The molecule has 2 N–H and O–H groups in total. The number of pyridine rings is 1. The molecule has 1 fully saturated rings. The average molecular weight is 343 g/mol. The Bertz CT molecular complexity index is 791. The van der Waals surface area contributed by atoms with Gasteiger partial charge in [-0.2, -0.15) is 0 Å². The summed E-state index contributed by atoms with van der Waals surface area (Å²) < 4.78 is 5.24. The van der Waals surface area contributed by atoms with Crippen molar-refractivity contribution in [3.63, 3.8) is 0 Å². The van der Waals surface area contributed by atoms with Crippen LogP contribution in [0.4, 0.5) is 0 Å². The fourth-order valence-electron chi connectivity index (χ4n) is 3.04. The molecule has 2 aromatic heterocycles. The number of thiophene rings is 1. The molecule has 0 spiro atoms. The third-order valence-corrected chi connectivity index (χ3v) is 5.37. The van der Waals surface area contributed by atoms with Crippen molar-refractivity contribution in [3.05, 3.63) is 34.8 Å². The van der Waals surface area contributed by atoms with Crippen molar-refractivity contribution >= 4 is 23.0 Å². The van der Waals surface area contributed by atoms with Gasteiger partial charge in [0.1, 0.15) is 5.75 Å². The van der Waals surface area contributed by atoms with Crippen LogP contribution in [0.3, 0.4) is 0 Å². The lowest BCUT2D eigenvalue weighted by Crippen LogP contribution is -2.35. The molecule has 1 atom stereocenters. The van der Waals surface area contributed by atoms with Gasteiger partial charge in [-0.15, -0.1) is 11.3 Å². The van der Waals surface area contributed by atoms with E-state index < -0.39 is 5.54 Å². The van der Waals surface area contributed by atoms with Crippen LogP contribution in [0.15, 0.2) is 34.9 Å². The van der Waals surface area contributed by atoms with Crippen LogP contribution in [-0.2, 0) is 10.3 Å². The van der Waals surface area contributed by atoms with Crippen molar-refractivity contribution in [1.82, 2.24) is 4.98 Å². The number of hydrogen-bond donors (Lipinski definition) is 1. The molecule has 0 aromatic carbocycles. The summed E-state index contributed by atoms with van der Waals surface area (Å²) in [4.78, 5) is 22.3. The predicted octanol–water partition coefficient (Wildman–Crippen LogP) is 3.39. The zero-order chi connectivity index (χ0) is 17.3. The second-order valence-electron chi connectivity index (χ2n) is 6.16. The van der Waals surface area contributed by atoms with Gasteiger partial charge in [-0.3, -0.25) is 14.8 Å². The highest BCUT2D eigenvalue weighted by molar-refractivity contribution is 7.10. The Morgan fingerprint density at radius 2 is 2.08 bits per heavy atom. The Labute approximate surface area is 145 Å². The van der Waals surface area contributed by atoms with Crippen LogP contribution in [0.2, 0.25) is 0 Å². The summed E-state index contributed by atoms with van der Waals surface area (Å²) in [5, 5.41) is 2.03. The zero-order valence-electron chi connectivity index (χ0n) is 14.1. The van der Waals surface area contributed by atoms with E-state index in [0.29, 0.717) is 11.6 Å². The Kier molecular flexibility index (Phi) is 4.41. The van der Waals surface area contributed by atoms with E-state index in [1.165, 1.54) is 0 Å². The molecule has 2 heterocycles. The number of aliphatic imine (C=N–C) groups is 1. The molecule has 0 saturated heterocycles. The first-order chi connectivity index (χ1) is 11.5. The maximum atomic E-state index is 12.5. The first-order valence-electron chi connectivity index (χ1n) is 7.88. The highest BCUT2D eigenvalue weighted by Gasteiger charge is 2.51. The zero-order valence-corrected chi connectivity index (χ0v) is 14.9. The number of methoxy groups -OCH3 is 1. The number of Topliss-reactive ketones (excluding diaryl/α,β-unsaturated/α-hetero) is 1. The molecular weight excluding hydrogens is 322 g/mol. The van der Waals surface area contributed by atoms with Gasteiger partial charge in [0.05, 0.1) is 19.1 Å². The molecule has 1 aliphatic rings. The van der Waals surface area contributed by atoms with Crippen molar-refractivity contribution in [2.45, 2.75) is 32.2 Å². The smallest absolute Gasteiger partial charge is 0.163 e. The molecule has 0 radical (unpaired) electrons. The fraction of sp³-hybridized carbons (Fsp3) is 0.389. The number of nitrogens with zero attached hydrogens (tertiary/aromatic N) is 2. The number of carbonyl (C=O) groups is 1. The Hall–Kier alpha value is -2.21. The van der Waals surface area contributed by atoms with E-state index in [0.717, 1.165) is 28.8 Å². The molecular formula is C18H21N3O2S. The van der Waals surface area contributed by atoms with Gasteiger partial charge in [0.15, 0.2) is 11.3 Å². The normalized spacial score (nSPS) is 17.4. The monoisotopic (exact) mass is 343 g/mol. The van der Waals surface area contributed by atoms with Gasteiger partial charge in [0, 0.05) is 16.6 Å². The first-order valence-corrected chi connectivity index (χ1v) is 8.76. The first kappa shape index (κ1) is 16.6. The molecule has 126 valence electrons. The molecule has 5 nitrogen and oxygen atoms in total. The SMILES string of the molecule is COc1cncc(-c2csc(C(N=C(C)N)(C(C)=O)C3CC3)c2)c1. The van der Waals surface area contributed by atoms with E-state index in [4.69, 9.17) is 10.5 Å². The number of ether oxygens (including phenoxy) is 1. The van der Waals surface area contributed by atoms with Crippen LogP contribution in [0.1, 0.15) is 31.6 Å². The van der Waals surface area contributed by atoms with Crippen LogP contribution in [0.25, 0.3) is 11.1 Å². The lowest BCUT2D eigenvalue weighted by atomic mass is 9.87. The standard InChI is InChI=1S/C18H21N3O2S/c1-11(22)18(15-4-5-15,21-12(2)19)17-7-14(10-24-17)13-6-16(23-3)9-20-8-13/h6-10,15H,4-5H2,1-3H3,(H2,19,21). The van der Waals surface area contributed by atoms with Crippen LogP contribution >= 0.6 is 11.3 Å². The van der Waals surface area contributed by atoms with Crippen molar-refractivity contribution < 1.29 is 9.53 Å². The van der Waals surface area contributed by atoms with Gasteiger partial charge in [0.2, 0.25) is 0 Å². The van der Waals surface area contributed by atoms with E-state index in [-0.39, 0.29) is 11.7 Å². The highest BCUT2D eigenvalue weighted by atomic mass is 32.1. The minimum atomic E-state index is -0.839. The van der Waals surface area contributed by atoms with Crippen LogP contribution in [0.5, 0.6) is 5.75 Å². The van der Waals surface area contributed by atoms with Crippen LogP contribution in [0, 0.1) is 5.92 Å². The molecule has 1 aliphatic carbocycles. The summed E-state index contributed by atoms with van der Waals surface area (Å²) in [6.07, 6.45) is 5.47. The highest BCUT2D eigenvalue weighted by Crippen LogP contribution is 2.51. The lowest BCUT2D eigenvalue weighted by molar-refractivity contribution is -0.122. The van der Waals surface area contributed by atoms with Crippen molar-refractivity contribution in [2.75, 3.05) is 7.11 Å². The summed E-state index contributed by atoms with van der Waals surface area (Å²) in [7, 11) is 1.62. The number of amidine groups is 1. The van der Waals surface area contributed by atoms with Gasteiger partial charge in [-0.1, -0.05) is 0 Å². The minimum Gasteiger partial charge on any atom is -0.495 e. The summed E-state index contributed by atoms with van der Waals surface area (Å²) in [5.74, 6) is 1.43. The summed E-state index contributed by atoms with van der Waals surface area (Å²) >= 11 is 1.55. The number of hydrogen-bond acceptors (Lipinski definition) is 5.